The number of esters is 1. The Morgan fingerprint density at radius 2 is 1.85 bits per heavy atom. The molecule has 1 saturated carbocycles. The van der Waals surface area contributed by atoms with Gasteiger partial charge in [0.25, 0.3) is 0 Å². The Kier molecular flexibility index (Phi) is 7.03. The highest BCUT2D eigenvalue weighted by molar-refractivity contribution is 6.74. The summed E-state index contributed by atoms with van der Waals surface area (Å²) in [4.78, 5) is 16.8. The van der Waals surface area contributed by atoms with Crippen molar-refractivity contribution < 1.29 is 14.0 Å². The summed E-state index contributed by atoms with van der Waals surface area (Å²) < 4.78 is 11.5. The third-order valence-corrected chi connectivity index (χ3v) is 10.5. The maximum atomic E-state index is 11.9. The second kappa shape index (κ2) is 8.66. The average Bonchev–Trinajstić information content (AvgIpc) is 2.60. The van der Waals surface area contributed by atoms with Crippen LogP contribution in [0.4, 0.5) is 0 Å². The van der Waals surface area contributed by atoms with Gasteiger partial charge < -0.3 is 9.16 Å². The average molecular weight is 378 g/mol. The number of ether oxygens (including phenoxy) is 1. The highest BCUT2D eigenvalue weighted by atomic mass is 28.4. The van der Waals surface area contributed by atoms with E-state index in [4.69, 9.17) is 14.1 Å². The van der Waals surface area contributed by atoms with Gasteiger partial charge in [0.2, 0.25) is 0 Å². The van der Waals surface area contributed by atoms with E-state index in [0.29, 0.717) is 19.1 Å². The van der Waals surface area contributed by atoms with Crippen molar-refractivity contribution in [2.45, 2.75) is 84.0 Å². The first-order valence-electron chi connectivity index (χ1n) is 9.90. The van der Waals surface area contributed by atoms with E-state index in [1.54, 1.807) is 0 Å². The number of carbonyl (C=O) groups is 1. The number of carbonyl (C=O) groups excluding carboxylic acids is 1. The lowest BCUT2D eigenvalue weighted by Crippen LogP contribution is -2.40. The van der Waals surface area contributed by atoms with Gasteiger partial charge in [-0.2, -0.15) is 0 Å². The second-order valence-corrected chi connectivity index (χ2v) is 13.7. The Morgan fingerprint density at radius 3 is 2.42 bits per heavy atom. The number of hydrogen-bond acceptors (Lipinski definition) is 4. The van der Waals surface area contributed by atoms with Gasteiger partial charge in [0.05, 0.1) is 24.8 Å². The molecule has 1 fully saturated rings. The van der Waals surface area contributed by atoms with Crippen molar-refractivity contribution in [3.8, 4) is 0 Å². The molecule has 0 N–H and O–H groups in total. The van der Waals surface area contributed by atoms with Crippen molar-refractivity contribution in [2.75, 3.05) is 6.61 Å². The minimum atomic E-state index is -1.77. The quantitative estimate of drug-likeness (QED) is 0.489. The minimum Gasteiger partial charge on any atom is -0.466 e. The van der Waals surface area contributed by atoms with Crippen molar-refractivity contribution in [3.63, 3.8) is 0 Å². The summed E-state index contributed by atoms with van der Waals surface area (Å²) in [5.74, 6) is 0.472. The Balaban J connectivity index is 1.95. The summed E-state index contributed by atoms with van der Waals surface area (Å²) in [7, 11) is -1.77. The number of nitrogens with zero attached hydrogens (tertiary/aromatic N) is 1. The van der Waals surface area contributed by atoms with Crippen LogP contribution in [0, 0.1) is 5.92 Å². The molecule has 1 aliphatic rings. The van der Waals surface area contributed by atoms with Crippen LogP contribution in [0.5, 0.6) is 0 Å². The normalized spacial score (nSPS) is 21.5. The van der Waals surface area contributed by atoms with Crippen molar-refractivity contribution in [1.82, 2.24) is 4.98 Å². The molecule has 0 aromatic carbocycles. The third kappa shape index (κ3) is 5.40. The van der Waals surface area contributed by atoms with Crippen LogP contribution in [-0.2, 0) is 20.6 Å². The summed E-state index contributed by atoms with van der Waals surface area (Å²) in [6.07, 6.45) is 3.80. The molecule has 0 spiro atoms. The van der Waals surface area contributed by atoms with Gasteiger partial charge in [-0.25, -0.2) is 0 Å². The lowest BCUT2D eigenvalue weighted by atomic mass is 9.80. The van der Waals surface area contributed by atoms with Crippen LogP contribution >= 0.6 is 0 Å². The zero-order chi connectivity index (χ0) is 19.4. The molecule has 0 bridgehead atoms. The highest BCUT2D eigenvalue weighted by Gasteiger charge is 2.37. The van der Waals surface area contributed by atoms with Gasteiger partial charge in [-0.3, -0.25) is 9.78 Å². The van der Waals surface area contributed by atoms with Crippen LogP contribution in [0.2, 0.25) is 18.1 Å². The van der Waals surface area contributed by atoms with Crippen molar-refractivity contribution in [3.05, 3.63) is 29.6 Å². The Hall–Kier alpha value is -1.20. The molecule has 1 aromatic rings. The van der Waals surface area contributed by atoms with E-state index < -0.39 is 8.32 Å². The number of hydrogen-bond donors (Lipinski definition) is 0. The van der Waals surface area contributed by atoms with Gasteiger partial charge in [0.15, 0.2) is 8.32 Å². The fraction of sp³-hybridized carbons (Fsp3) is 0.714. The lowest BCUT2D eigenvalue weighted by Gasteiger charge is -2.36. The molecular weight excluding hydrogens is 342 g/mol. The SMILES string of the molecule is CCOC(=O)C1CCC(c2cccc(CO[Si](C)(C)C(C)(C)C)n2)CC1. The van der Waals surface area contributed by atoms with Crippen molar-refractivity contribution in [1.29, 1.82) is 0 Å². The van der Waals surface area contributed by atoms with Gasteiger partial charge >= 0.3 is 5.97 Å². The largest absolute Gasteiger partial charge is 0.466 e. The lowest BCUT2D eigenvalue weighted by molar-refractivity contribution is -0.149. The molecule has 0 unspecified atom stereocenters. The predicted octanol–water partition coefficient (Wildman–Crippen LogP) is 5.44. The van der Waals surface area contributed by atoms with E-state index in [9.17, 15) is 4.79 Å². The summed E-state index contributed by atoms with van der Waals surface area (Å²) in [5.41, 5.74) is 2.16. The highest BCUT2D eigenvalue weighted by Crippen LogP contribution is 2.38. The number of aromatic nitrogens is 1. The maximum absolute atomic E-state index is 11.9. The molecule has 0 amide bonds. The predicted molar refractivity (Wildman–Crippen MR) is 108 cm³/mol. The van der Waals surface area contributed by atoms with Crippen LogP contribution in [0.25, 0.3) is 0 Å². The van der Waals surface area contributed by atoms with Crippen LogP contribution in [0.1, 0.15) is 70.7 Å². The Morgan fingerprint density at radius 1 is 1.19 bits per heavy atom. The van der Waals surface area contributed by atoms with E-state index in [-0.39, 0.29) is 16.9 Å². The zero-order valence-corrected chi connectivity index (χ0v) is 18.3. The molecule has 1 aliphatic carbocycles. The van der Waals surface area contributed by atoms with E-state index in [1.165, 1.54) is 0 Å². The zero-order valence-electron chi connectivity index (χ0n) is 17.3. The topological polar surface area (TPSA) is 48.4 Å². The first-order chi connectivity index (χ1) is 12.1. The standard InChI is InChI=1S/C21H35NO3Si/c1-7-24-20(23)17-13-11-16(12-14-17)19-10-8-9-18(22-19)15-25-26(5,6)21(2,3)4/h8-10,16-17H,7,11-15H2,1-6H3. The maximum Gasteiger partial charge on any atom is 0.308 e. The minimum absolute atomic E-state index is 0.0320. The smallest absolute Gasteiger partial charge is 0.308 e. The van der Waals surface area contributed by atoms with E-state index in [1.807, 2.05) is 6.92 Å². The summed E-state index contributed by atoms with van der Waals surface area (Å²) in [6, 6.07) is 6.26. The molecule has 5 heteroatoms. The summed E-state index contributed by atoms with van der Waals surface area (Å²) in [5, 5.41) is 0.204. The van der Waals surface area contributed by atoms with Gasteiger partial charge in [-0.05, 0) is 62.9 Å². The van der Waals surface area contributed by atoms with Gasteiger partial charge in [-0.15, -0.1) is 0 Å². The van der Waals surface area contributed by atoms with Crippen molar-refractivity contribution in [2.24, 2.45) is 5.92 Å². The number of pyridine rings is 1. The van der Waals surface area contributed by atoms with Crippen LogP contribution < -0.4 is 0 Å². The molecule has 146 valence electrons. The second-order valence-electron chi connectivity index (χ2n) is 8.90. The third-order valence-electron chi connectivity index (χ3n) is 5.98. The van der Waals surface area contributed by atoms with Crippen LogP contribution in [-0.4, -0.2) is 25.9 Å². The first kappa shape index (κ1) is 21.1. The number of rotatable bonds is 6. The molecule has 0 atom stereocenters. The van der Waals surface area contributed by atoms with Gasteiger partial charge in [0.1, 0.15) is 0 Å². The van der Waals surface area contributed by atoms with E-state index in [0.717, 1.165) is 37.1 Å². The van der Waals surface area contributed by atoms with E-state index in [2.05, 4.69) is 52.1 Å². The molecule has 0 radical (unpaired) electrons. The monoisotopic (exact) mass is 377 g/mol. The first-order valence-corrected chi connectivity index (χ1v) is 12.8. The molecule has 26 heavy (non-hydrogen) atoms. The fourth-order valence-electron chi connectivity index (χ4n) is 3.16. The molecule has 1 heterocycles. The Labute approximate surface area is 159 Å². The summed E-state index contributed by atoms with van der Waals surface area (Å²) in [6.45, 7) is 14.2. The Bertz CT molecular complexity index is 602. The molecule has 1 aromatic heterocycles. The van der Waals surface area contributed by atoms with Crippen LogP contribution in [0.15, 0.2) is 18.2 Å². The fourth-order valence-corrected chi connectivity index (χ4v) is 4.10. The van der Waals surface area contributed by atoms with Gasteiger partial charge in [0, 0.05) is 11.6 Å². The van der Waals surface area contributed by atoms with Crippen molar-refractivity contribution >= 4 is 14.3 Å². The van der Waals surface area contributed by atoms with Gasteiger partial charge in [-0.1, -0.05) is 26.8 Å². The molecule has 4 nitrogen and oxygen atoms in total. The molecular formula is C21H35NO3Si. The molecule has 2 rings (SSSR count). The summed E-state index contributed by atoms with van der Waals surface area (Å²) >= 11 is 0. The molecule has 0 aliphatic heterocycles. The van der Waals surface area contributed by atoms with Crippen LogP contribution in [0.3, 0.4) is 0 Å². The van der Waals surface area contributed by atoms with E-state index >= 15 is 0 Å². The molecule has 0 saturated heterocycles.